The number of benzene rings is 2. The molecule has 3 aromatic rings. The molecule has 1 amide bonds. The lowest BCUT2D eigenvalue weighted by Crippen LogP contribution is -2.36. The minimum Gasteiger partial charge on any atom is -0.459 e. The highest BCUT2D eigenvalue weighted by Gasteiger charge is 2.35. The van der Waals surface area contributed by atoms with Crippen LogP contribution in [0.1, 0.15) is 16.1 Å². The molecule has 0 unspecified atom stereocenters. The second-order valence-corrected chi connectivity index (χ2v) is 7.98. The van der Waals surface area contributed by atoms with Crippen molar-refractivity contribution in [3.8, 4) is 0 Å². The van der Waals surface area contributed by atoms with Crippen molar-refractivity contribution < 1.29 is 22.7 Å². The molecule has 1 aromatic heterocycles. The molecule has 2 heterocycles. The number of fused-ring (bicyclic) bond motifs is 2. The van der Waals surface area contributed by atoms with E-state index in [1.54, 1.807) is 12.1 Å². The Kier molecular flexibility index (Phi) is 4.48. The molecule has 8 heteroatoms. The second kappa shape index (κ2) is 6.97. The average Bonchev–Trinajstić information content (AvgIpc) is 3.19. The summed E-state index contributed by atoms with van der Waals surface area (Å²) < 4.78 is 32.1. The number of carbonyl (C=O) groups excluding carboxylic acids is 2. The van der Waals surface area contributed by atoms with E-state index >= 15 is 0 Å². The standard InChI is InChI=1S/C20H16N2O5S/c23-19(27-14-15-7-2-1-3-8-15)13-21-16-9-4-5-11-18(16)28(25,26)22-12-6-10-17(22)20(21)24/h1-12H,13-14H2. The first-order valence-corrected chi connectivity index (χ1v) is 9.96. The van der Waals surface area contributed by atoms with Gasteiger partial charge in [0.2, 0.25) is 0 Å². The summed E-state index contributed by atoms with van der Waals surface area (Å²) in [6.45, 7) is -0.332. The van der Waals surface area contributed by atoms with Crippen LogP contribution in [0.4, 0.5) is 5.69 Å². The van der Waals surface area contributed by atoms with E-state index in [-0.39, 0.29) is 22.9 Å². The molecule has 28 heavy (non-hydrogen) atoms. The van der Waals surface area contributed by atoms with Crippen molar-refractivity contribution in [1.82, 2.24) is 3.97 Å². The van der Waals surface area contributed by atoms with Crippen LogP contribution in [0.2, 0.25) is 0 Å². The minimum absolute atomic E-state index is 0.0351. The van der Waals surface area contributed by atoms with Gasteiger partial charge >= 0.3 is 5.97 Å². The van der Waals surface area contributed by atoms with Gasteiger partial charge in [-0.15, -0.1) is 0 Å². The molecule has 0 fully saturated rings. The SMILES string of the molecule is O=C(CN1C(=O)c2cccn2S(=O)(=O)c2ccccc21)OCc1ccccc1. The summed E-state index contributed by atoms with van der Waals surface area (Å²) in [6, 6.07) is 18.1. The molecule has 0 bridgehead atoms. The van der Waals surface area contributed by atoms with E-state index in [0.29, 0.717) is 0 Å². The van der Waals surface area contributed by atoms with Crippen LogP contribution in [0.15, 0.2) is 77.8 Å². The first-order chi connectivity index (χ1) is 13.5. The number of hydrogen-bond acceptors (Lipinski definition) is 5. The lowest BCUT2D eigenvalue weighted by Gasteiger charge is -2.21. The number of carbonyl (C=O) groups is 2. The molecular weight excluding hydrogens is 380 g/mol. The maximum Gasteiger partial charge on any atom is 0.326 e. The van der Waals surface area contributed by atoms with Crippen LogP contribution in [0.5, 0.6) is 0 Å². The molecule has 7 nitrogen and oxygen atoms in total. The Hall–Kier alpha value is -3.39. The van der Waals surface area contributed by atoms with Crippen LogP contribution in [0, 0.1) is 0 Å². The first-order valence-electron chi connectivity index (χ1n) is 8.52. The van der Waals surface area contributed by atoms with Gasteiger partial charge in [0, 0.05) is 6.20 Å². The topological polar surface area (TPSA) is 85.7 Å². The van der Waals surface area contributed by atoms with Gasteiger partial charge in [0.1, 0.15) is 23.7 Å². The highest BCUT2D eigenvalue weighted by molar-refractivity contribution is 7.90. The molecule has 1 aliphatic rings. The van der Waals surface area contributed by atoms with E-state index in [1.807, 2.05) is 30.3 Å². The van der Waals surface area contributed by atoms with Gasteiger partial charge < -0.3 is 4.74 Å². The number of esters is 1. The van der Waals surface area contributed by atoms with Gasteiger partial charge in [-0.1, -0.05) is 42.5 Å². The zero-order valence-corrected chi connectivity index (χ0v) is 15.5. The van der Waals surface area contributed by atoms with E-state index in [2.05, 4.69) is 0 Å². The zero-order chi connectivity index (χ0) is 19.7. The van der Waals surface area contributed by atoms with E-state index in [9.17, 15) is 18.0 Å². The van der Waals surface area contributed by atoms with Crippen LogP contribution in [-0.4, -0.2) is 30.8 Å². The third-order valence-electron chi connectivity index (χ3n) is 4.40. The average molecular weight is 396 g/mol. The summed E-state index contributed by atoms with van der Waals surface area (Å²) in [5, 5.41) is 0. The van der Waals surface area contributed by atoms with Gasteiger partial charge in [-0.3, -0.25) is 14.5 Å². The van der Waals surface area contributed by atoms with E-state index < -0.39 is 28.4 Å². The van der Waals surface area contributed by atoms with Gasteiger partial charge in [0.05, 0.1) is 5.69 Å². The summed E-state index contributed by atoms with van der Waals surface area (Å²) in [7, 11) is -3.95. The zero-order valence-electron chi connectivity index (χ0n) is 14.7. The number of nitrogens with zero attached hydrogens (tertiary/aromatic N) is 2. The van der Waals surface area contributed by atoms with Crippen molar-refractivity contribution >= 4 is 27.6 Å². The Bertz CT molecular complexity index is 1150. The van der Waals surface area contributed by atoms with Crippen LogP contribution in [0.3, 0.4) is 0 Å². The summed E-state index contributed by atoms with van der Waals surface area (Å²) >= 11 is 0. The lowest BCUT2D eigenvalue weighted by molar-refractivity contribution is -0.143. The normalized spacial score (nSPS) is 14.7. The van der Waals surface area contributed by atoms with Crippen molar-refractivity contribution in [1.29, 1.82) is 0 Å². The smallest absolute Gasteiger partial charge is 0.326 e. The maximum atomic E-state index is 13.0. The molecule has 0 spiro atoms. The molecule has 1 aliphatic heterocycles. The highest BCUT2D eigenvalue weighted by Crippen LogP contribution is 2.32. The van der Waals surface area contributed by atoms with Gasteiger partial charge in [0.15, 0.2) is 0 Å². The van der Waals surface area contributed by atoms with Gasteiger partial charge in [0.25, 0.3) is 15.9 Å². The number of aromatic nitrogens is 1. The van der Waals surface area contributed by atoms with Gasteiger partial charge in [-0.25, -0.2) is 12.4 Å². The Morgan fingerprint density at radius 1 is 0.929 bits per heavy atom. The molecule has 0 N–H and O–H groups in total. The second-order valence-electron chi connectivity index (χ2n) is 6.20. The monoisotopic (exact) mass is 396 g/mol. The third-order valence-corrected chi connectivity index (χ3v) is 6.14. The van der Waals surface area contributed by atoms with Gasteiger partial charge in [-0.2, -0.15) is 0 Å². The number of hydrogen-bond donors (Lipinski definition) is 0. The Morgan fingerprint density at radius 3 is 2.43 bits per heavy atom. The summed E-state index contributed by atoms with van der Waals surface area (Å²) in [4.78, 5) is 26.5. The Labute approximate surface area is 161 Å². The highest BCUT2D eigenvalue weighted by atomic mass is 32.2. The van der Waals surface area contributed by atoms with Gasteiger partial charge in [-0.05, 0) is 29.8 Å². The van der Waals surface area contributed by atoms with E-state index in [0.717, 1.165) is 14.4 Å². The van der Waals surface area contributed by atoms with Crippen molar-refractivity contribution in [3.63, 3.8) is 0 Å². The fourth-order valence-corrected chi connectivity index (χ4v) is 4.60. The molecule has 0 saturated carbocycles. The third kappa shape index (κ3) is 3.07. The first kappa shape index (κ1) is 18.0. The molecule has 4 rings (SSSR count). The number of rotatable bonds is 4. The van der Waals surface area contributed by atoms with E-state index in [1.165, 1.54) is 30.5 Å². The molecule has 0 saturated heterocycles. The molecule has 142 valence electrons. The minimum atomic E-state index is -3.95. The lowest BCUT2D eigenvalue weighted by atomic mass is 10.2. The number of para-hydroxylation sites is 1. The summed E-state index contributed by atoms with van der Waals surface area (Å²) in [5.74, 6) is -1.22. The molecule has 0 atom stereocenters. The largest absolute Gasteiger partial charge is 0.459 e. The predicted octanol–water partition coefficient (Wildman–Crippen LogP) is 2.43. The number of anilines is 1. The fraction of sp³-hybridized carbons (Fsp3) is 0.100. The van der Waals surface area contributed by atoms with E-state index in [4.69, 9.17) is 4.74 Å². The van der Waals surface area contributed by atoms with Crippen LogP contribution >= 0.6 is 0 Å². The summed E-state index contributed by atoms with van der Waals surface area (Å²) in [5.41, 5.74) is 0.926. The Morgan fingerprint density at radius 2 is 1.64 bits per heavy atom. The quantitative estimate of drug-likeness (QED) is 0.633. The Balaban J connectivity index is 1.66. The van der Waals surface area contributed by atoms with Crippen LogP contribution in [0.25, 0.3) is 0 Å². The van der Waals surface area contributed by atoms with Crippen LogP contribution < -0.4 is 4.90 Å². The molecule has 0 aliphatic carbocycles. The van der Waals surface area contributed by atoms with Crippen molar-refractivity contribution in [3.05, 3.63) is 84.2 Å². The fourth-order valence-electron chi connectivity index (χ4n) is 3.06. The molecule has 0 radical (unpaired) electrons. The van der Waals surface area contributed by atoms with Crippen molar-refractivity contribution in [2.75, 3.05) is 11.4 Å². The van der Waals surface area contributed by atoms with Crippen molar-refractivity contribution in [2.24, 2.45) is 0 Å². The van der Waals surface area contributed by atoms with Crippen LogP contribution in [-0.2, 0) is 26.2 Å². The number of amides is 1. The number of ether oxygens (including phenoxy) is 1. The predicted molar refractivity (Wildman–Crippen MR) is 101 cm³/mol. The molecular formula is C20H16N2O5S. The summed E-state index contributed by atoms with van der Waals surface area (Å²) in [6.07, 6.45) is 1.32. The maximum absolute atomic E-state index is 13.0. The van der Waals surface area contributed by atoms with Crippen molar-refractivity contribution in [2.45, 2.75) is 11.5 Å². The molecule has 2 aromatic carbocycles.